The molecule has 1 aromatic carbocycles. The van der Waals surface area contributed by atoms with Crippen LogP contribution in [-0.2, 0) is 4.79 Å². The van der Waals surface area contributed by atoms with Crippen molar-refractivity contribution in [1.82, 2.24) is 5.32 Å². The molecular formula is C11H12Cl2N2O4. The highest BCUT2D eigenvalue weighted by atomic mass is 35.5. The van der Waals surface area contributed by atoms with Crippen LogP contribution in [0.25, 0.3) is 0 Å². The molecule has 1 aromatic rings. The lowest BCUT2D eigenvalue weighted by molar-refractivity contribution is -0.139. The Labute approximate surface area is 119 Å². The molecule has 1 rings (SSSR count). The smallest absolute Gasteiger partial charge is 0.326 e. The van der Waals surface area contributed by atoms with Crippen LogP contribution in [0.5, 0.6) is 0 Å². The number of nitrogens with one attached hydrogen (secondary N) is 2. The molecule has 2 amide bonds. The third-order valence-electron chi connectivity index (χ3n) is 2.20. The van der Waals surface area contributed by atoms with Crippen molar-refractivity contribution in [3.8, 4) is 0 Å². The van der Waals surface area contributed by atoms with Gasteiger partial charge in [0.25, 0.3) is 0 Å². The monoisotopic (exact) mass is 306 g/mol. The lowest BCUT2D eigenvalue weighted by Crippen LogP contribution is -2.43. The Morgan fingerprint density at radius 1 is 1.32 bits per heavy atom. The van der Waals surface area contributed by atoms with Gasteiger partial charge in [-0.2, -0.15) is 0 Å². The molecule has 0 heterocycles. The number of hydrogen-bond donors (Lipinski definition) is 4. The van der Waals surface area contributed by atoms with Crippen molar-refractivity contribution in [3.63, 3.8) is 0 Å². The summed E-state index contributed by atoms with van der Waals surface area (Å²) in [7, 11) is 0. The molecule has 0 spiro atoms. The van der Waals surface area contributed by atoms with Crippen LogP contribution in [0.15, 0.2) is 18.2 Å². The van der Waals surface area contributed by atoms with Gasteiger partial charge in [-0.1, -0.05) is 23.2 Å². The Bertz CT molecular complexity index is 482. The number of aliphatic carboxylic acids is 1. The highest BCUT2D eigenvalue weighted by Crippen LogP contribution is 2.25. The van der Waals surface area contributed by atoms with Crippen molar-refractivity contribution in [2.24, 2.45) is 0 Å². The third kappa shape index (κ3) is 4.94. The second-order valence-corrected chi connectivity index (χ2v) is 4.47. The molecule has 0 aliphatic heterocycles. The van der Waals surface area contributed by atoms with Crippen LogP contribution in [0.4, 0.5) is 10.5 Å². The highest BCUT2D eigenvalue weighted by Gasteiger charge is 2.19. The van der Waals surface area contributed by atoms with Gasteiger partial charge in [0.2, 0.25) is 0 Å². The first-order valence-electron chi connectivity index (χ1n) is 5.30. The zero-order valence-electron chi connectivity index (χ0n) is 9.69. The fourth-order valence-corrected chi connectivity index (χ4v) is 1.75. The van der Waals surface area contributed by atoms with Gasteiger partial charge in [0, 0.05) is 18.1 Å². The van der Waals surface area contributed by atoms with Crippen LogP contribution in [0, 0.1) is 0 Å². The Morgan fingerprint density at radius 2 is 2.00 bits per heavy atom. The molecular weight excluding hydrogens is 295 g/mol. The summed E-state index contributed by atoms with van der Waals surface area (Å²) >= 11 is 11.6. The van der Waals surface area contributed by atoms with E-state index in [1.54, 1.807) is 0 Å². The first-order chi connectivity index (χ1) is 8.93. The summed E-state index contributed by atoms with van der Waals surface area (Å²) in [5, 5.41) is 22.8. The molecule has 0 aliphatic carbocycles. The molecule has 8 heteroatoms. The van der Waals surface area contributed by atoms with E-state index in [4.69, 9.17) is 33.4 Å². The van der Waals surface area contributed by atoms with Crippen molar-refractivity contribution in [2.75, 3.05) is 11.9 Å². The third-order valence-corrected chi connectivity index (χ3v) is 2.75. The Morgan fingerprint density at radius 3 is 2.53 bits per heavy atom. The van der Waals surface area contributed by atoms with E-state index in [2.05, 4.69) is 10.6 Å². The van der Waals surface area contributed by atoms with Crippen LogP contribution in [0.1, 0.15) is 6.42 Å². The maximum Gasteiger partial charge on any atom is 0.326 e. The predicted octanol–water partition coefficient (Wildman–Crippen LogP) is 1.95. The van der Waals surface area contributed by atoms with E-state index in [1.165, 1.54) is 18.2 Å². The van der Waals surface area contributed by atoms with Crippen molar-refractivity contribution < 1.29 is 19.8 Å². The molecule has 0 bridgehead atoms. The number of aliphatic hydroxyl groups is 1. The largest absolute Gasteiger partial charge is 0.480 e. The number of rotatable bonds is 5. The summed E-state index contributed by atoms with van der Waals surface area (Å²) in [6.45, 7) is -0.348. The number of carboxylic acid groups (broad SMARTS) is 1. The zero-order valence-corrected chi connectivity index (χ0v) is 11.2. The summed E-state index contributed by atoms with van der Waals surface area (Å²) in [6.07, 6.45) is -0.0862. The lowest BCUT2D eigenvalue weighted by Gasteiger charge is -2.14. The number of aliphatic hydroxyl groups excluding tert-OH is 1. The topological polar surface area (TPSA) is 98.7 Å². The summed E-state index contributed by atoms with van der Waals surface area (Å²) in [5.41, 5.74) is 0.303. The average Bonchev–Trinajstić information content (AvgIpc) is 2.32. The summed E-state index contributed by atoms with van der Waals surface area (Å²) in [4.78, 5) is 22.4. The van der Waals surface area contributed by atoms with Crippen molar-refractivity contribution in [3.05, 3.63) is 28.2 Å². The number of hydrogen-bond acceptors (Lipinski definition) is 3. The fourth-order valence-electron chi connectivity index (χ4n) is 1.29. The van der Waals surface area contributed by atoms with Gasteiger partial charge < -0.3 is 20.8 Å². The summed E-state index contributed by atoms with van der Waals surface area (Å²) in [6, 6.07) is 2.57. The lowest BCUT2D eigenvalue weighted by atomic mass is 10.2. The summed E-state index contributed by atoms with van der Waals surface area (Å²) in [5.74, 6) is -1.23. The molecule has 1 atom stereocenters. The molecule has 19 heavy (non-hydrogen) atoms. The summed E-state index contributed by atoms with van der Waals surface area (Å²) < 4.78 is 0. The van der Waals surface area contributed by atoms with E-state index < -0.39 is 18.0 Å². The number of amides is 2. The van der Waals surface area contributed by atoms with Gasteiger partial charge in [-0.25, -0.2) is 9.59 Å². The number of carboxylic acids is 1. The van der Waals surface area contributed by atoms with Crippen LogP contribution in [0.2, 0.25) is 10.0 Å². The molecule has 0 radical (unpaired) electrons. The molecule has 0 aromatic heterocycles. The van der Waals surface area contributed by atoms with Gasteiger partial charge in [-0.15, -0.1) is 0 Å². The van der Waals surface area contributed by atoms with Crippen LogP contribution < -0.4 is 10.6 Å². The second-order valence-electron chi connectivity index (χ2n) is 3.63. The first kappa shape index (κ1) is 15.6. The van der Waals surface area contributed by atoms with Gasteiger partial charge in [0.15, 0.2) is 0 Å². The molecule has 4 N–H and O–H groups in total. The Hall–Kier alpha value is -1.50. The van der Waals surface area contributed by atoms with E-state index in [0.717, 1.165) is 0 Å². The molecule has 0 saturated carbocycles. The molecule has 0 saturated heterocycles. The standard InChI is InChI=1S/C11H12Cl2N2O4/c12-6-1-2-8(7(13)5-6)14-11(19)15-9(3-4-16)10(17)18/h1-2,5,9,16H,3-4H2,(H,17,18)(H2,14,15,19). The van der Waals surface area contributed by atoms with Gasteiger partial charge >= 0.3 is 12.0 Å². The van der Waals surface area contributed by atoms with Gasteiger partial charge in [0.05, 0.1) is 10.7 Å². The van der Waals surface area contributed by atoms with Crippen molar-refractivity contribution >= 4 is 40.9 Å². The van der Waals surface area contributed by atoms with E-state index in [0.29, 0.717) is 10.7 Å². The van der Waals surface area contributed by atoms with Gasteiger partial charge in [-0.3, -0.25) is 0 Å². The Balaban J connectivity index is 2.66. The average molecular weight is 307 g/mol. The fraction of sp³-hybridized carbons (Fsp3) is 0.273. The van der Waals surface area contributed by atoms with E-state index in [1.807, 2.05) is 0 Å². The SMILES string of the molecule is O=C(Nc1ccc(Cl)cc1Cl)NC(CCO)C(=O)O. The minimum Gasteiger partial charge on any atom is -0.480 e. The van der Waals surface area contributed by atoms with Crippen LogP contribution in [-0.4, -0.2) is 34.9 Å². The van der Waals surface area contributed by atoms with E-state index >= 15 is 0 Å². The molecule has 6 nitrogen and oxygen atoms in total. The quantitative estimate of drug-likeness (QED) is 0.668. The number of urea groups is 1. The maximum atomic E-state index is 11.6. The number of carbonyl (C=O) groups is 2. The Kier molecular flexibility index (Phi) is 5.88. The minimum atomic E-state index is -1.23. The maximum absolute atomic E-state index is 11.6. The second kappa shape index (κ2) is 7.18. The molecule has 1 unspecified atom stereocenters. The normalized spacial score (nSPS) is 11.7. The van der Waals surface area contributed by atoms with Crippen molar-refractivity contribution in [2.45, 2.75) is 12.5 Å². The first-order valence-corrected chi connectivity index (χ1v) is 6.06. The number of carbonyl (C=O) groups excluding carboxylic acids is 1. The predicted molar refractivity (Wildman–Crippen MR) is 71.7 cm³/mol. The number of halogens is 2. The van der Waals surface area contributed by atoms with Crippen LogP contribution in [0.3, 0.4) is 0 Å². The van der Waals surface area contributed by atoms with Gasteiger partial charge in [-0.05, 0) is 18.2 Å². The highest BCUT2D eigenvalue weighted by molar-refractivity contribution is 6.36. The van der Waals surface area contributed by atoms with Gasteiger partial charge in [0.1, 0.15) is 6.04 Å². The van der Waals surface area contributed by atoms with E-state index in [9.17, 15) is 9.59 Å². The number of anilines is 1. The van der Waals surface area contributed by atoms with E-state index in [-0.39, 0.29) is 18.1 Å². The van der Waals surface area contributed by atoms with Crippen LogP contribution >= 0.6 is 23.2 Å². The molecule has 0 fully saturated rings. The molecule has 0 aliphatic rings. The zero-order chi connectivity index (χ0) is 14.4. The number of benzene rings is 1. The molecule has 104 valence electrons. The minimum absolute atomic E-state index is 0.0862. The van der Waals surface area contributed by atoms with Crippen molar-refractivity contribution in [1.29, 1.82) is 0 Å².